The number of thiocarbonyl (C=S) groups is 1. The van der Waals surface area contributed by atoms with Gasteiger partial charge in [-0.25, -0.2) is 0 Å². The molecule has 0 fully saturated rings. The highest BCUT2D eigenvalue weighted by Gasteiger charge is 2.02. The van der Waals surface area contributed by atoms with E-state index in [0.717, 1.165) is 24.3 Å². The van der Waals surface area contributed by atoms with Crippen LogP contribution >= 0.6 is 12.2 Å². The monoisotopic (exact) mass is 327 g/mol. The smallest absolute Gasteiger partial charge is 0.228 e. The summed E-state index contributed by atoms with van der Waals surface area (Å²) >= 11 is 5.23. The number of nitrogens with one attached hydrogen (secondary N) is 3. The quantitative estimate of drug-likeness (QED) is 0.431. The minimum atomic E-state index is 0.521. The minimum absolute atomic E-state index is 0.521. The zero-order chi connectivity index (χ0) is 16.5. The molecule has 0 saturated carbocycles. The summed E-state index contributed by atoms with van der Waals surface area (Å²) < 4.78 is 0. The van der Waals surface area contributed by atoms with Gasteiger partial charge in [-0.05, 0) is 62.5 Å². The van der Waals surface area contributed by atoms with E-state index in [1.165, 1.54) is 5.69 Å². The molecule has 120 valence electrons. The fraction of sp³-hybridized carbons (Fsp3) is 0.222. The molecule has 2 aromatic rings. The Morgan fingerprint density at radius 3 is 2.30 bits per heavy atom. The highest BCUT2D eigenvalue weighted by atomic mass is 32.1. The van der Waals surface area contributed by atoms with Crippen molar-refractivity contribution in [3.63, 3.8) is 0 Å². The topological polar surface area (TPSA) is 41.3 Å². The van der Waals surface area contributed by atoms with Crippen molar-refractivity contribution in [1.82, 2.24) is 5.43 Å². The van der Waals surface area contributed by atoms with Gasteiger partial charge in [0.25, 0.3) is 0 Å². The van der Waals surface area contributed by atoms with Crippen LogP contribution < -0.4 is 20.7 Å². The van der Waals surface area contributed by atoms with Crippen LogP contribution in [0.15, 0.2) is 54.6 Å². The van der Waals surface area contributed by atoms with Crippen molar-refractivity contribution in [3.05, 3.63) is 60.2 Å². The first-order valence-electron chi connectivity index (χ1n) is 7.78. The van der Waals surface area contributed by atoms with Crippen LogP contribution in [0.3, 0.4) is 0 Å². The van der Waals surface area contributed by atoms with Gasteiger partial charge in [0.2, 0.25) is 5.11 Å². The molecular formula is C18H23N4S+. The summed E-state index contributed by atoms with van der Waals surface area (Å²) in [6.45, 7) is 6.35. The molecule has 0 aliphatic carbocycles. The summed E-state index contributed by atoms with van der Waals surface area (Å²) in [5, 5.41) is 6.63. The summed E-state index contributed by atoms with van der Waals surface area (Å²) in [7, 11) is 0. The van der Waals surface area contributed by atoms with Crippen molar-refractivity contribution in [2.24, 2.45) is 0 Å². The van der Waals surface area contributed by atoms with Crippen LogP contribution in [0.2, 0.25) is 0 Å². The van der Waals surface area contributed by atoms with Gasteiger partial charge in [-0.15, -0.1) is 10.5 Å². The number of nitrogens with zero attached hydrogens (tertiary/aromatic N) is 1. The lowest BCUT2D eigenvalue weighted by molar-refractivity contribution is -0.499. The Kier molecular flexibility index (Phi) is 6.56. The molecule has 0 amide bonds. The number of anilines is 2. The first-order chi connectivity index (χ1) is 11.2. The van der Waals surface area contributed by atoms with E-state index in [1.54, 1.807) is 0 Å². The van der Waals surface area contributed by atoms with Crippen LogP contribution in [0, 0.1) is 0 Å². The molecule has 0 heterocycles. The van der Waals surface area contributed by atoms with Crippen LogP contribution in [0.1, 0.15) is 19.4 Å². The summed E-state index contributed by atoms with van der Waals surface area (Å²) in [5.41, 5.74) is 6.21. The van der Waals surface area contributed by atoms with E-state index < -0.39 is 0 Å². The van der Waals surface area contributed by atoms with Crippen LogP contribution in [-0.2, 0) is 0 Å². The third kappa shape index (κ3) is 5.38. The van der Waals surface area contributed by atoms with Crippen molar-refractivity contribution >= 4 is 34.9 Å². The third-order valence-electron chi connectivity index (χ3n) is 3.48. The van der Waals surface area contributed by atoms with E-state index in [9.17, 15) is 0 Å². The third-order valence-corrected chi connectivity index (χ3v) is 3.68. The van der Waals surface area contributed by atoms with E-state index in [2.05, 4.69) is 58.9 Å². The van der Waals surface area contributed by atoms with E-state index in [4.69, 9.17) is 12.2 Å². The zero-order valence-electron chi connectivity index (χ0n) is 13.5. The number of hydrogen-bond donors (Lipinski definition) is 3. The molecule has 0 aliphatic rings. The second kappa shape index (κ2) is 8.90. The molecule has 0 atom stereocenters. The van der Waals surface area contributed by atoms with Gasteiger partial charge in [0.1, 0.15) is 0 Å². The molecule has 2 rings (SSSR count). The molecule has 0 unspecified atom stereocenters. The number of hydrogen-bond acceptors (Lipinski definition) is 2. The maximum absolute atomic E-state index is 5.23. The first kappa shape index (κ1) is 17.0. The predicted molar refractivity (Wildman–Crippen MR) is 102 cm³/mol. The fourth-order valence-electron chi connectivity index (χ4n) is 2.24. The Balaban J connectivity index is 1.86. The van der Waals surface area contributed by atoms with Crippen molar-refractivity contribution in [2.45, 2.75) is 13.8 Å². The van der Waals surface area contributed by atoms with E-state index in [1.807, 2.05) is 36.5 Å². The maximum Gasteiger partial charge on any atom is 0.228 e. The lowest BCUT2D eigenvalue weighted by Crippen LogP contribution is -2.82. The van der Waals surface area contributed by atoms with Gasteiger partial charge in [0.15, 0.2) is 6.21 Å². The number of rotatable bonds is 6. The first-order valence-corrected chi connectivity index (χ1v) is 8.19. The average Bonchev–Trinajstić information content (AvgIpc) is 2.58. The zero-order valence-corrected chi connectivity index (χ0v) is 14.4. The second-order valence-electron chi connectivity index (χ2n) is 5.00. The van der Waals surface area contributed by atoms with Crippen LogP contribution in [0.4, 0.5) is 11.4 Å². The molecule has 0 saturated heterocycles. The molecule has 0 aliphatic heterocycles. The van der Waals surface area contributed by atoms with Crippen LogP contribution in [0.25, 0.3) is 0 Å². The SMILES string of the molecule is CCN(CC)c1ccc(C=[NH+]NC(=S)Nc2ccccc2)cc1. The van der Waals surface area contributed by atoms with Crippen molar-refractivity contribution in [1.29, 1.82) is 0 Å². The maximum atomic E-state index is 5.23. The second-order valence-corrected chi connectivity index (χ2v) is 5.41. The van der Waals surface area contributed by atoms with Gasteiger partial charge >= 0.3 is 0 Å². The Morgan fingerprint density at radius 1 is 1.04 bits per heavy atom. The molecule has 5 heteroatoms. The Morgan fingerprint density at radius 2 is 1.70 bits per heavy atom. The molecule has 4 nitrogen and oxygen atoms in total. The van der Waals surface area contributed by atoms with Crippen LogP contribution in [-0.4, -0.2) is 24.4 Å². The molecule has 2 aromatic carbocycles. The normalized spacial score (nSPS) is 10.5. The van der Waals surface area contributed by atoms with Gasteiger partial charge in [-0.1, -0.05) is 18.2 Å². The molecule has 0 aromatic heterocycles. The summed E-state index contributed by atoms with van der Waals surface area (Å²) in [5.74, 6) is 0. The molecule has 0 radical (unpaired) electrons. The Bertz CT molecular complexity index is 634. The summed E-state index contributed by atoms with van der Waals surface area (Å²) in [6, 6.07) is 18.2. The molecular weight excluding hydrogens is 304 g/mol. The fourth-order valence-corrected chi connectivity index (χ4v) is 2.42. The minimum Gasteiger partial charge on any atom is -0.372 e. The van der Waals surface area contributed by atoms with Crippen LogP contribution in [0.5, 0.6) is 0 Å². The number of benzene rings is 2. The Labute approximate surface area is 143 Å². The van der Waals surface area contributed by atoms with Gasteiger partial charge in [-0.3, -0.25) is 0 Å². The van der Waals surface area contributed by atoms with Crippen molar-refractivity contribution in [2.75, 3.05) is 23.3 Å². The standard InChI is InChI=1S/C18H22N4S/c1-3-22(4-2)17-12-10-15(11-13-17)14-19-21-18(23)20-16-8-6-5-7-9-16/h5-14H,3-4H2,1-2H3,(H2,20,21,23)/p+1. The predicted octanol–water partition coefficient (Wildman–Crippen LogP) is 1.93. The molecule has 0 bridgehead atoms. The van der Waals surface area contributed by atoms with Gasteiger partial charge < -0.3 is 10.2 Å². The van der Waals surface area contributed by atoms with Crippen molar-refractivity contribution in [3.8, 4) is 0 Å². The number of hydrazone groups is 1. The van der Waals surface area contributed by atoms with E-state index in [-0.39, 0.29) is 0 Å². The van der Waals surface area contributed by atoms with Gasteiger partial charge in [-0.2, -0.15) is 0 Å². The number of hydrazine groups is 1. The average molecular weight is 327 g/mol. The van der Waals surface area contributed by atoms with E-state index in [0.29, 0.717) is 5.11 Å². The molecule has 3 N–H and O–H groups in total. The highest BCUT2D eigenvalue weighted by Crippen LogP contribution is 2.13. The lowest BCUT2D eigenvalue weighted by atomic mass is 10.2. The van der Waals surface area contributed by atoms with Crippen molar-refractivity contribution < 1.29 is 5.10 Å². The Hall–Kier alpha value is -2.40. The lowest BCUT2D eigenvalue weighted by Gasteiger charge is -2.20. The highest BCUT2D eigenvalue weighted by molar-refractivity contribution is 7.80. The molecule has 23 heavy (non-hydrogen) atoms. The summed E-state index contributed by atoms with van der Waals surface area (Å²) in [6.07, 6.45) is 1.88. The van der Waals surface area contributed by atoms with E-state index >= 15 is 0 Å². The van der Waals surface area contributed by atoms with Gasteiger partial charge in [0.05, 0.1) is 0 Å². The summed E-state index contributed by atoms with van der Waals surface area (Å²) in [4.78, 5) is 2.31. The molecule has 0 spiro atoms. The largest absolute Gasteiger partial charge is 0.372 e. The number of para-hydroxylation sites is 1. The van der Waals surface area contributed by atoms with Gasteiger partial charge in [0, 0.05) is 30.0 Å².